The van der Waals surface area contributed by atoms with Crippen LogP contribution < -0.4 is 10.1 Å². The van der Waals surface area contributed by atoms with Gasteiger partial charge >= 0.3 is 0 Å². The first-order chi connectivity index (χ1) is 9.46. The molecule has 0 unspecified atom stereocenters. The predicted octanol–water partition coefficient (Wildman–Crippen LogP) is 2.93. The number of nitrogens with zero attached hydrogens (tertiary/aromatic N) is 1. The second-order valence-corrected chi connectivity index (χ2v) is 4.98. The van der Waals surface area contributed by atoms with Crippen molar-refractivity contribution in [1.82, 2.24) is 4.98 Å². The van der Waals surface area contributed by atoms with E-state index in [1.165, 1.54) is 0 Å². The van der Waals surface area contributed by atoms with Crippen LogP contribution in [-0.2, 0) is 9.53 Å². The minimum atomic E-state index is -0.817. The summed E-state index contributed by atoms with van der Waals surface area (Å²) in [5.41, 5.74) is 0.574. The lowest BCUT2D eigenvalue weighted by molar-refractivity contribution is -0.136. The maximum Gasteiger partial charge on any atom is 0.256 e. The largest absolute Gasteiger partial charge is 0.481 e. The van der Waals surface area contributed by atoms with Gasteiger partial charge in [-0.25, -0.2) is 4.98 Å². The summed E-state index contributed by atoms with van der Waals surface area (Å²) in [7, 11) is 3.13. The highest BCUT2D eigenvalue weighted by Gasteiger charge is 2.32. The van der Waals surface area contributed by atoms with E-state index in [0.717, 1.165) is 12.8 Å². The number of hydrogen-bond acceptors (Lipinski definition) is 4. The lowest BCUT2D eigenvalue weighted by atomic mass is 9.97. The Balaban J connectivity index is 2.83. The Bertz CT molecular complexity index is 462. The zero-order chi connectivity index (χ0) is 15.2. The van der Waals surface area contributed by atoms with Gasteiger partial charge in [0, 0.05) is 13.2 Å². The summed E-state index contributed by atoms with van der Waals surface area (Å²) in [5, 5.41) is 2.88. The van der Waals surface area contributed by atoms with Crippen molar-refractivity contribution in [2.75, 3.05) is 19.5 Å². The molecule has 1 atom stereocenters. The predicted molar refractivity (Wildman–Crippen MR) is 79.1 cm³/mol. The third kappa shape index (κ3) is 3.93. The van der Waals surface area contributed by atoms with Gasteiger partial charge in [-0.3, -0.25) is 4.79 Å². The molecule has 112 valence electrons. The fourth-order valence-electron chi connectivity index (χ4n) is 1.86. The summed E-state index contributed by atoms with van der Waals surface area (Å²) in [4.78, 5) is 16.6. The second kappa shape index (κ2) is 7.24. The normalized spacial score (nSPS) is 13.7. The van der Waals surface area contributed by atoms with E-state index in [1.807, 2.05) is 13.8 Å². The number of ether oxygens (including phenoxy) is 2. The molecule has 1 amide bonds. The number of anilines is 1. The molecule has 0 saturated heterocycles. The van der Waals surface area contributed by atoms with Crippen LogP contribution in [0.2, 0.25) is 0 Å². The molecule has 0 saturated carbocycles. The van der Waals surface area contributed by atoms with E-state index >= 15 is 0 Å². The average Bonchev–Trinajstić information content (AvgIpc) is 2.46. The third-order valence-corrected chi connectivity index (χ3v) is 3.46. The molecule has 1 N–H and O–H groups in total. The zero-order valence-corrected chi connectivity index (χ0v) is 12.9. The van der Waals surface area contributed by atoms with Gasteiger partial charge in [-0.15, -0.1) is 0 Å². The van der Waals surface area contributed by atoms with Crippen LogP contribution in [0, 0.1) is 6.92 Å². The highest BCUT2D eigenvalue weighted by molar-refractivity contribution is 5.97. The first-order valence-electron chi connectivity index (χ1n) is 6.85. The minimum absolute atomic E-state index is 0.150. The van der Waals surface area contributed by atoms with Crippen molar-refractivity contribution in [1.29, 1.82) is 0 Å². The molecule has 0 aromatic carbocycles. The van der Waals surface area contributed by atoms with Crippen molar-refractivity contribution < 1.29 is 14.3 Å². The fourth-order valence-corrected chi connectivity index (χ4v) is 1.86. The SMILES string of the molecule is CCCC[C@@](C)(OC)C(=O)Nc1ccc(OC)nc1C. The molecular weight excluding hydrogens is 256 g/mol. The third-order valence-electron chi connectivity index (χ3n) is 3.46. The molecule has 5 heteroatoms. The molecule has 0 aliphatic carbocycles. The van der Waals surface area contributed by atoms with Crippen molar-refractivity contribution >= 4 is 11.6 Å². The van der Waals surface area contributed by atoms with Crippen LogP contribution in [0.15, 0.2) is 12.1 Å². The average molecular weight is 280 g/mol. The maximum atomic E-state index is 12.4. The molecule has 0 spiro atoms. The summed E-state index contributed by atoms with van der Waals surface area (Å²) in [5.74, 6) is 0.379. The van der Waals surface area contributed by atoms with Crippen LogP contribution in [0.25, 0.3) is 0 Å². The van der Waals surface area contributed by atoms with Gasteiger partial charge in [0.2, 0.25) is 5.88 Å². The van der Waals surface area contributed by atoms with Gasteiger partial charge < -0.3 is 14.8 Å². The number of amides is 1. The Morgan fingerprint density at radius 3 is 2.60 bits per heavy atom. The van der Waals surface area contributed by atoms with Crippen molar-refractivity contribution in [3.63, 3.8) is 0 Å². The maximum absolute atomic E-state index is 12.4. The van der Waals surface area contributed by atoms with E-state index in [2.05, 4.69) is 17.2 Å². The van der Waals surface area contributed by atoms with Crippen molar-refractivity contribution in [2.24, 2.45) is 0 Å². The van der Waals surface area contributed by atoms with Crippen molar-refractivity contribution in [3.05, 3.63) is 17.8 Å². The van der Waals surface area contributed by atoms with E-state index in [-0.39, 0.29) is 5.91 Å². The summed E-state index contributed by atoms with van der Waals surface area (Å²) >= 11 is 0. The topological polar surface area (TPSA) is 60.5 Å². The number of rotatable bonds is 7. The molecule has 1 aromatic rings. The van der Waals surface area contributed by atoms with Crippen LogP contribution in [0.4, 0.5) is 5.69 Å². The molecule has 1 heterocycles. The molecule has 1 rings (SSSR count). The highest BCUT2D eigenvalue weighted by Crippen LogP contribution is 2.23. The summed E-state index contributed by atoms with van der Waals surface area (Å²) < 4.78 is 10.4. The first kappa shape index (κ1) is 16.4. The van der Waals surface area contributed by atoms with Gasteiger partial charge in [0.25, 0.3) is 5.91 Å². The molecular formula is C15H24N2O3. The zero-order valence-electron chi connectivity index (χ0n) is 12.9. The van der Waals surface area contributed by atoms with Crippen LogP contribution in [0.5, 0.6) is 5.88 Å². The Labute approximate surface area is 120 Å². The van der Waals surface area contributed by atoms with Crippen LogP contribution in [0.1, 0.15) is 38.8 Å². The van der Waals surface area contributed by atoms with E-state index in [0.29, 0.717) is 23.7 Å². The Kier molecular flexibility index (Phi) is 5.95. The number of aryl methyl sites for hydroxylation is 1. The Morgan fingerprint density at radius 1 is 1.40 bits per heavy atom. The van der Waals surface area contributed by atoms with Gasteiger partial charge in [0.15, 0.2) is 0 Å². The molecule has 0 radical (unpaired) electrons. The summed E-state index contributed by atoms with van der Waals surface area (Å²) in [6.07, 6.45) is 2.65. The van der Waals surface area contributed by atoms with Crippen LogP contribution in [-0.4, -0.2) is 30.7 Å². The van der Waals surface area contributed by atoms with E-state index in [4.69, 9.17) is 9.47 Å². The molecule has 5 nitrogen and oxygen atoms in total. The van der Waals surface area contributed by atoms with E-state index < -0.39 is 5.60 Å². The molecule has 0 fully saturated rings. The number of carbonyl (C=O) groups excluding carboxylic acids is 1. The quantitative estimate of drug-likeness (QED) is 0.834. The number of unbranched alkanes of at least 4 members (excludes halogenated alkanes) is 1. The Hall–Kier alpha value is -1.62. The molecule has 0 bridgehead atoms. The van der Waals surface area contributed by atoms with Crippen LogP contribution >= 0.6 is 0 Å². The van der Waals surface area contributed by atoms with E-state index in [9.17, 15) is 4.79 Å². The molecule has 20 heavy (non-hydrogen) atoms. The van der Waals surface area contributed by atoms with Crippen LogP contribution in [0.3, 0.4) is 0 Å². The Morgan fingerprint density at radius 2 is 2.10 bits per heavy atom. The van der Waals surface area contributed by atoms with Gasteiger partial charge in [-0.1, -0.05) is 19.8 Å². The van der Waals surface area contributed by atoms with Crippen molar-refractivity contribution in [3.8, 4) is 5.88 Å². The second-order valence-electron chi connectivity index (χ2n) is 4.98. The van der Waals surface area contributed by atoms with Gasteiger partial charge in [-0.05, 0) is 26.3 Å². The number of nitrogens with one attached hydrogen (secondary N) is 1. The lowest BCUT2D eigenvalue weighted by Gasteiger charge is -2.27. The number of hydrogen-bond donors (Lipinski definition) is 1. The standard InChI is InChI=1S/C15H24N2O3/c1-6-7-10-15(3,20-5)14(18)17-12-8-9-13(19-4)16-11(12)2/h8-9H,6-7,10H2,1-5H3,(H,17,18)/t15-/m1/s1. The molecule has 1 aromatic heterocycles. The monoisotopic (exact) mass is 280 g/mol. The van der Waals surface area contributed by atoms with Gasteiger partial charge in [0.05, 0.1) is 18.5 Å². The first-order valence-corrected chi connectivity index (χ1v) is 6.85. The van der Waals surface area contributed by atoms with Crippen molar-refractivity contribution in [2.45, 2.75) is 45.6 Å². The molecule has 0 aliphatic heterocycles. The number of aromatic nitrogens is 1. The minimum Gasteiger partial charge on any atom is -0.481 e. The molecule has 0 aliphatic rings. The highest BCUT2D eigenvalue weighted by atomic mass is 16.5. The number of methoxy groups -OCH3 is 2. The van der Waals surface area contributed by atoms with Gasteiger partial charge in [0.1, 0.15) is 5.60 Å². The van der Waals surface area contributed by atoms with E-state index in [1.54, 1.807) is 26.4 Å². The smallest absolute Gasteiger partial charge is 0.256 e. The summed E-state index contributed by atoms with van der Waals surface area (Å²) in [6, 6.07) is 3.51. The summed E-state index contributed by atoms with van der Waals surface area (Å²) in [6.45, 7) is 5.73. The number of pyridine rings is 1. The van der Waals surface area contributed by atoms with Gasteiger partial charge in [-0.2, -0.15) is 0 Å². The lowest BCUT2D eigenvalue weighted by Crippen LogP contribution is -2.42. The fraction of sp³-hybridized carbons (Fsp3) is 0.600. The number of carbonyl (C=O) groups is 1.